The van der Waals surface area contributed by atoms with Crippen molar-refractivity contribution in [3.63, 3.8) is 0 Å². The van der Waals surface area contributed by atoms with Gasteiger partial charge in [-0.1, -0.05) is 0 Å². The van der Waals surface area contributed by atoms with Crippen LogP contribution in [0.5, 0.6) is 0 Å². The van der Waals surface area contributed by atoms with Gasteiger partial charge in [-0.05, 0) is 25.1 Å². The molecular formula is C11H12N2O4. The van der Waals surface area contributed by atoms with Gasteiger partial charge in [0, 0.05) is 0 Å². The third-order valence-corrected chi connectivity index (χ3v) is 2.22. The molecule has 2 aromatic heterocycles. The molecule has 2 heterocycles. The lowest BCUT2D eigenvalue weighted by Crippen LogP contribution is -2.11. The molecule has 0 aliphatic rings. The van der Waals surface area contributed by atoms with E-state index in [0.717, 1.165) is 11.5 Å². The molecule has 2 rings (SSSR count). The lowest BCUT2D eigenvalue weighted by atomic mass is 10.4. The molecule has 0 unspecified atom stereocenters. The maximum atomic E-state index is 10.4. The highest BCUT2D eigenvalue weighted by Gasteiger charge is 2.11. The van der Waals surface area contributed by atoms with Crippen molar-refractivity contribution in [3.8, 4) is 0 Å². The first kappa shape index (κ1) is 11.4. The number of nitrogens with one attached hydrogen (secondary N) is 1. The Bertz CT molecular complexity index is 515. The normalized spacial score (nSPS) is 10.6. The average Bonchev–Trinajstić information content (AvgIpc) is 2.88. The SMILES string of the molecule is Cc1ccc(CNCc2ccc([N+](=O)[O-])o2)o1. The van der Waals surface area contributed by atoms with Crippen molar-refractivity contribution in [3.05, 3.63) is 51.7 Å². The highest BCUT2D eigenvalue weighted by Crippen LogP contribution is 2.15. The second-order valence-electron chi connectivity index (χ2n) is 3.61. The molecule has 0 radical (unpaired) electrons. The van der Waals surface area contributed by atoms with Gasteiger partial charge in [-0.3, -0.25) is 10.1 Å². The van der Waals surface area contributed by atoms with Gasteiger partial charge in [0.25, 0.3) is 0 Å². The zero-order valence-electron chi connectivity index (χ0n) is 9.30. The Kier molecular flexibility index (Phi) is 3.24. The third-order valence-electron chi connectivity index (χ3n) is 2.22. The third kappa shape index (κ3) is 2.94. The Morgan fingerprint density at radius 2 is 1.82 bits per heavy atom. The molecule has 0 amide bonds. The van der Waals surface area contributed by atoms with Gasteiger partial charge in [-0.15, -0.1) is 0 Å². The highest BCUT2D eigenvalue weighted by atomic mass is 16.6. The Morgan fingerprint density at radius 3 is 2.35 bits per heavy atom. The van der Waals surface area contributed by atoms with Crippen LogP contribution in [0.3, 0.4) is 0 Å². The van der Waals surface area contributed by atoms with Gasteiger partial charge in [0.15, 0.2) is 0 Å². The molecule has 17 heavy (non-hydrogen) atoms. The molecule has 0 saturated heterocycles. The first-order valence-electron chi connectivity index (χ1n) is 5.14. The van der Waals surface area contributed by atoms with Crippen molar-refractivity contribution in [1.82, 2.24) is 5.32 Å². The Balaban J connectivity index is 1.83. The van der Waals surface area contributed by atoms with Gasteiger partial charge in [0.05, 0.1) is 19.2 Å². The molecular weight excluding hydrogens is 224 g/mol. The number of aryl methyl sites for hydroxylation is 1. The molecule has 0 fully saturated rings. The molecule has 2 aromatic rings. The summed E-state index contributed by atoms with van der Waals surface area (Å²) in [6.07, 6.45) is 0. The monoisotopic (exact) mass is 236 g/mol. The summed E-state index contributed by atoms with van der Waals surface area (Å²) in [5.41, 5.74) is 0. The number of hydrogen-bond acceptors (Lipinski definition) is 5. The topological polar surface area (TPSA) is 81.5 Å². The van der Waals surface area contributed by atoms with Crippen molar-refractivity contribution >= 4 is 5.88 Å². The van der Waals surface area contributed by atoms with E-state index in [2.05, 4.69) is 5.32 Å². The quantitative estimate of drug-likeness (QED) is 0.636. The van der Waals surface area contributed by atoms with Crippen LogP contribution >= 0.6 is 0 Å². The van der Waals surface area contributed by atoms with Crippen molar-refractivity contribution < 1.29 is 13.8 Å². The molecule has 1 N–H and O–H groups in total. The maximum Gasteiger partial charge on any atom is 0.433 e. The first-order valence-corrected chi connectivity index (χ1v) is 5.14. The number of rotatable bonds is 5. The summed E-state index contributed by atoms with van der Waals surface area (Å²) in [5.74, 6) is 1.97. The summed E-state index contributed by atoms with van der Waals surface area (Å²) in [6, 6.07) is 6.69. The van der Waals surface area contributed by atoms with Crippen LogP contribution in [0.15, 0.2) is 33.1 Å². The van der Waals surface area contributed by atoms with E-state index in [1.165, 1.54) is 6.07 Å². The minimum Gasteiger partial charge on any atom is -0.465 e. The molecule has 0 spiro atoms. The van der Waals surface area contributed by atoms with Crippen LogP contribution < -0.4 is 5.32 Å². The number of hydrogen-bond donors (Lipinski definition) is 1. The van der Waals surface area contributed by atoms with Gasteiger partial charge < -0.3 is 14.2 Å². The van der Waals surface area contributed by atoms with E-state index in [0.29, 0.717) is 18.8 Å². The lowest BCUT2D eigenvalue weighted by Gasteiger charge is -1.98. The summed E-state index contributed by atoms with van der Waals surface area (Å²) in [4.78, 5) is 9.83. The van der Waals surface area contributed by atoms with Gasteiger partial charge in [-0.2, -0.15) is 0 Å². The minimum absolute atomic E-state index is 0.240. The predicted octanol–water partition coefficient (Wildman–Crippen LogP) is 2.38. The highest BCUT2D eigenvalue weighted by molar-refractivity contribution is 5.17. The maximum absolute atomic E-state index is 10.4. The second kappa shape index (κ2) is 4.84. The Hall–Kier alpha value is -2.08. The van der Waals surface area contributed by atoms with E-state index in [9.17, 15) is 10.1 Å². The van der Waals surface area contributed by atoms with Crippen molar-refractivity contribution in [2.75, 3.05) is 0 Å². The molecule has 6 heteroatoms. The standard InChI is InChI=1S/C11H12N2O4/c1-8-2-3-9(16-8)6-12-7-10-4-5-11(17-10)13(14)15/h2-5,12H,6-7H2,1H3. The second-order valence-corrected chi connectivity index (χ2v) is 3.61. The zero-order valence-corrected chi connectivity index (χ0v) is 9.30. The fourth-order valence-electron chi connectivity index (χ4n) is 1.45. The average molecular weight is 236 g/mol. The van der Waals surface area contributed by atoms with E-state index in [1.807, 2.05) is 19.1 Å². The Morgan fingerprint density at radius 1 is 1.18 bits per heavy atom. The van der Waals surface area contributed by atoms with E-state index in [4.69, 9.17) is 8.83 Å². The summed E-state index contributed by atoms with van der Waals surface area (Å²) in [7, 11) is 0. The fraction of sp³-hybridized carbons (Fsp3) is 0.273. The Labute approximate surface area is 97.4 Å². The smallest absolute Gasteiger partial charge is 0.433 e. The molecule has 0 aliphatic heterocycles. The fourth-order valence-corrected chi connectivity index (χ4v) is 1.45. The summed E-state index contributed by atoms with van der Waals surface area (Å²) in [6.45, 7) is 2.86. The molecule has 0 bridgehead atoms. The first-order chi connectivity index (χ1) is 8.15. The van der Waals surface area contributed by atoms with Crippen LogP contribution in [0.1, 0.15) is 17.3 Å². The number of nitro groups is 1. The van der Waals surface area contributed by atoms with E-state index in [-0.39, 0.29) is 5.88 Å². The van der Waals surface area contributed by atoms with Gasteiger partial charge in [0.2, 0.25) is 0 Å². The van der Waals surface area contributed by atoms with E-state index < -0.39 is 4.92 Å². The van der Waals surface area contributed by atoms with E-state index >= 15 is 0 Å². The van der Waals surface area contributed by atoms with Crippen LogP contribution in [-0.4, -0.2) is 4.92 Å². The van der Waals surface area contributed by atoms with Gasteiger partial charge in [-0.25, -0.2) is 0 Å². The van der Waals surface area contributed by atoms with Crippen molar-refractivity contribution in [2.45, 2.75) is 20.0 Å². The van der Waals surface area contributed by atoms with Crippen LogP contribution in [0, 0.1) is 17.0 Å². The number of nitrogens with zero attached hydrogens (tertiary/aromatic N) is 1. The predicted molar refractivity (Wildman–Crippen MR) is 59.4 cm³/mol. The van der Waals surface area contributed by atoms with Crippen LogP contribution in [0.2, 0.25) is 0 Å². The van der Waals surface area contributed by atoms with Crippen molar-refractivity contribution in [2.24, 2.45) is 0 Å². The summed E-state index contributed by atoms with van der Waals surface area (Å²) in [5, 5.41) is 13.5. The summed E-state index contributed by atoms with van der Waals surface area (Å²) < 4.78 is 10.4. The molecule has 0 aromatic carbocycles. The van der Waals surface area contributed by atoms with Gasteiger partial charge in [0.1, 0.15) is 22.2 Å². The molecule has 6 nitrogen and oxygen atoms in total. The van der Waals surface area contributed by atoms with Crippen LogP contribution in [-0.2, 0) is 13.1 Å². The molecule has 0 atom stereocenters. The van der Waals surface area contributed by atoms with E-state index in [1.54, 1.807) is 6.07 Å². The summed E-state index contributed by atoms with van der Waals surface area (Å²) >= 11 is 0. The molecule has 0 saturated carbocycles. The largest absolute Gasteiger partial charge is 0.465 e. The minimum atomic E-state index is -0.556. The molecule has 90 valence electrons. The molecule has 0 aliphatic carbocycles. The van der Waals surface area contributed by atoms with Gasteiger partial charge >= 0.3 is 5.88 Å². The lowest BCUT2D eigenvalue weighted by molar-refractivity contribution is -0.402. The van der Waals surface area contributed by atoms with Crippen LogP contribution in [0.25, 0.3) is 0 Å². The zero-order chi connectivity index (χ0) is 12.3. The van der Waals surface area contributed by atoms with Crippen LogP contribution in [0.4, 0.5) is 5.88 Å². The van der Waals surface area contributed by atoms with Crippen molar-refractivity contribution in [1.29, 1.82) is 0 Å². The number of furan rings is 2.